The Hall–Kier alpha value is -1.30. The molecule has 1 saturated heterocycles. The van der Waals surface area contributed by atoms with Gasteiger partial charge in [0, 0.05) is 25.1 Å². The highest BCUT2D eigenvalue weighted by Crippen LogP contribution is 2.15. The van der Waals surface area contributed by atoms with Gasteiger partial charge in [-0.3, -0.25) is 4.79 Å². The lowest BCUT2D eigenvalue weighted by Gasteiger charge is -2.19. The van der Waals surface area contributed by atoms with Crippen LogP contribution >= 0.6 is 0 Å². The maximum atomic E-state index is 11.3. The molecule has 1 heterocycles. The number of carboxylic acids is 1. The van der Waals surface area contributed by atoms with Crippen molar-refractivity contribution in [1.29, 1.82) is 0 Å². The fraction of sp³-hybridized carbons (Fsp3) is 0.800. The van der Waals surface area contributed by atoms with E-state index in [-0.39, 0.29) is 25.0 Å². The lowest BCUT2D eigenvalue weighted by atomic mass is 10.0. The Morgan fingerprint density at radius 2 is 2.31 bits per heavy atom. The molecule has 0 aromatic heterocycles. The molecule has 16 heavy (non-hydrogen) atoms. The third kappa shape index (κ3) is 4.48. The Morgan fingerprint density at radius 1 is 1.56 bits per heavy atom. The molecular formula is C10H18N2O4. The van der Waals surface area contributed by atoms with E-state index in [1.807, 2.05) is 6.92 Å². The summed E-state index contributed by atoms with van der Waals surface area (Å²) in [6.45, 7) is 3.50. The molecule has 0 radical (unpaired) electrons. The van der Waals surface area contributed by atoms with Crippen LogP contribution < -0.4 is 10.6 Å². The van der Waals surface area contributed by atoms with E-state index >= 15 is 0 Å². The van der Waals surface area contributed by atoms with Crippen molar-refractivity contribution in [3.05, 3.63) is 0 Å². The molecule has 1 aliphatic rings. The Bertz CT molecular complexity index is 251. The first-order valence-electron chi connectivity index (χ1n) is 5.43. The van der Waals surface area contributed by atoms with Crippen molar-refractivity contribution in [1.82, 2.24) is 10.6 Å². The lowest BCUT2D eigenvalue weighted by molar-refractivity contribution is -0.136. The zero-order valence-corrected chi connectivity index (χ0v) is 9.36. The van der Waals surface area contributed by atoms with Crippen molar-refractivity contribution in [2.45, 2.75) is 25.8 Å². The van der Waals surface area contributed by atoms with Gasteiger partial charge in [-0.25, -0.2) is 4.79 Å². The molecule has 92 valence electrons. The van der Waals surface area contributed by atoms with Crippen molar-refractivity contribution in [3.8, 4) is 0 Å². The fourth-order valence-corrected chi connectivity index (χ4v) is 1.61. The molecule has 0 aliphatic carbocycles. The number of ether oxygens (including phenoxy) is 1. The van der Waals surface area contributed by atoms with E-state index in [0.717, 1.165) is 13.0 Å². The zero-order chi connectivity index (χ0) is 12.0. The van der Waals surface area contributed by atoms with Crippen LogP contribution in [0.3, 0.4) is 0 Å². The Morgan fingerprint density at radius 3 is 2.88 bits per heavy atom. The van der Waals surface area contributed by atoms with Crippen LogP contribution in [0.15, 0.2) is 0 Å². The summed E-state index contributed by atoms with van der Waals surface area (Å²) in [5, 5.41) is 13.7. The minimum absolute atomic E-state index is 0.0485. The Kier molecular flexibility index (Phi) is 5.04. The van der Waals surface area contributed by atoms with Gasteiger partial charge in [0.2, 0.25) is 0 Å². The molecule has 6 nitrogen and oxygen atoms in total. The molecule has 0 spiro atoms. The summed E-state index contributed by atoms with van der Waals surface area (Å²) in [6.07, 6.45) is 0.894. The van der Waals surface area contributed by atoms with Crippen LogP contribution in [-0.2, 0) is 9.53 Å². The van der Waals surface area contributed by atoms with Gasteiger partial charge in [-0.05, 0) is 13.3 Å². The fourth-order valence-electron chi connectivity index (χ4n) is 1.61. The monoisotopic (exact) mass is 230 g/mol. The van der Waals surface area contributed by atoms with Gasteiger partial charge in [-0.2, -0.15) is 0 Å². The van der Waals surface area contributed by atoms with Crippen molar-refractivity contribution >= 4 is 12.0 Å². The van der Waals surface area contributed by atoms with Gasteiger partial charge in [-0.15, -0.1) is 0 Å². The highest BCUT2D eigenvalue weighted by Gasteiger charge is 2.23. The molecule has 0 aromatic carbocycles. The molecule has 1 rings (SSSR count). The topological polar surface area (TPSA) is 87.7 Å². The summed E-state index contributed by atoms with van der Waals surface area (Å²) in [6, 6.07) is -0.270. The van der Waals surface area contributed by atoms with Crippen molar-refractivity contribution < 1.29 is 19.4 Å². The molecule has 2 amide bonds. The van der Waals surface area contributed by atoms with Gasteiger partial charge in [0.15, 0.2) is 0 Å². The third-order valence-electron chi connectivity index (χ3n) is 2.66. The van der Waals surface area contributed by atoms with Crippen molar-refractivity contribution in [2.75, 3.05) is 19.8 Å². The quantitative estimate of drug-likeness (QED) is 0.629. The molecule has 1 aliphatic heterocycles. The molecule has 1 fully saturated rings. The van der Waals surface area contributed by atoms with Gasteiger partial charge < -0.3 is 20.5 Å². The average molecular weight is 230 g/mol. The summed E-state index contributed by atoms with van der Waals surface area (Å²) in [4.78, 5) is 21.6. The van der Waals surface area contributed by atoms with E-state index < -0.39 is 5.97 Å². The van der Waals surface area contributed by atoms with Crippen LogP contribution in [0.2, 0.25) is 0 Å². The maximum Gasteiger partial charge on any atom is 0.315 e. The van der Waals surface area contributed by atoms with Crippen LogP contribution in [0.5, 0.6) is 0 Å². The Balaban J connectivity index is 2.15. The number of carbonyl (C=O) groups excluding carboxylic acids is 1. The second-order valence-electron chi connectivity index (χ2n) is 3.96. The highest BCUT2D eigenvalue weighted by atomic mass is 16.5. The molecule has 6 heteroatoms. The van der Waals surface area contributed by atoms with Gasteiger partial charge in [-0.1, -0.05) is 0 Å². The summed E-state index contributed by atoms with van der Waals surface area (Å²) in [5.74, 6) is -0.567. The van der Waals surface area contributed by atoms with E-state index in [2.05, 4.69) is 10.6 Å². The first-order valence-corrected chi connectivity index (χ1v) is 5.43. The van der Waals surface area contributed by atoms with Crippen LogP contribution in [-0.4, -0.2) is 42.9 Å². The number of rotatable bonds is 5. The Labute approximate surface area is 94.3 Å². The van der Waals surface area contributed by atoms with Crippen LogP contribution in [0.4, 0.5) is 4.79 Å². The summed E-state index contributed by atoms with van der Waals surface area (Å²) >= 11 is 0. The van der Waals surface area contributed by atoms with Gasteiger partial charge >= 0.3 is 12.0 Å². The first-order chi connectivity index (χ1) is 7.59. The second-order valence-corrected chi connectivity index (χ2v) is 3.96. The first kappa shape index (κ1) is 12.8. The summed E-state index contributed by atoms with van der Waals surface area (Å²) in [7, 11) is 0. The summed E-state index contributed by atoms with van der Waals surface area (Å²) in [5.41, 5.74) is 0. The second kappa shape index (κ2) is 6.32. The van der Waals surface area contributed by atoms with Gasteiger partial charge in [0.25, 0.3) is 0 Å². The predicted octanol–water partition coefficient (Wildman–Crippen LogP) is 0.185. The number of aliphatic carboxylic acids is 1. The zero-order valence-electron chi connectivity index (χ0n) is 9.36. The van der Waals surface area contributed by atoms with Crippen LogP contribution in [0.25, 0.3) is 0 Å². The van der Waals surface area contributed by atoms with Crippen molar-refractivity contribution in [2.24, 2.45) is 5.92 Å². The molecular weight excluding hydrogens is 212 g/mol. The molecule has 0 aromatic rings. The van der Waals surface area contributed by atoms with Gasteiger partial charge in [0.1, 0.15) is 0 Å². The van der Waals surface area contributed by atoms with E-state index in [0.29, 0.717) is 12.5 Å². The number of hydrogen-bond acceptors (Lipinski definition) is 3. The molecule has 2 unspecified atom stereocenters. The third-order valence-corrected chi connectivity index (χ3v) is 2.66. The number of urea groups is 1. The molecule has 0 bridgehead atoms. The number of carbonyl (C=O) groups is 2. The van der Waals surface area contributed by atoms with Crippen LogP contribution in [0.1, 0.15) is 19.8 Å². The SMILES string of the molecule is CC(NC(=O)NCCC(=O)O)C1CCOC1. The standard InChI is InChI=1S/C10H18N2O4/c1-7(8-3-5-16-6-8)12-10(15)11-4-2-9(13)14/h7-8H,2-6H2,1H3,(H,13,14)(H2,11,12,15). The average Bonchev–Trinajstić information content (AvgIpc) is 2.69. The lowest BCUT2D eigenvalue weighted by Crippen LogP contribution is -2.44. The van der Waals surface area contributed by atoms with E-state index in [1.54, 1.807) is 0 Å². The normalized spacial score (nSPS) is 21.4. The molecule has 0 saturated carbocycles. The number of hydrogen-bond donors (Lipinski definition) is 3. The van der Waals surface area contributed by atoms with E-state index in [9.17, 15) is 9.59 Å². The largest absolute Gasteiger partial charge is 0.481 e. The predicted molar refractivity (Wildman–Crippen MR) is 57.2 cm³/mol. The number of carboxylic acid groups (broad SMARTS) is 1. The van der Waals surface area contributed by atoms with E-state index in [1.165, 1.54) is 0 Å². The minimum Gasteiger partial charge on any atom is -0.481 e. The number of amides is 2. The van der Waals surface area contributed by atoms with Crippen LogP contribution in [0, 0.1) is 5.92 Å². The highest BCUT2D eigenvalue weighted by molar-refractivity contribution is 5.75. The van der Waals surface area contributed by atoms with Crippen molar-refractivity contribution in [3.63, 3.8) is 0 Å². The molecule has 2 atom stereocenters. The smallest absolute Gasteiger partial charge is 0.315 e. The molecule has 3 N–H and O–H groups in total. The summed E-state index contributed by atoms with van der Waals surface area (Å²) < 4.78 is 5.22. The van der Waals surface area contributed by atoms with Gasteiger partial charge in [0.05, 0.1) is 13.0 Å². The van der Waals surface area contributed by atoms with E-state index in [4.69, 9.17) is 9.84 Å². The maximum absolute atomic E-state index is 11.3. The minimum atomic E-state index is -0.919. The number of nitrogens with one attached hydrogen (secondary N) is 2.